The molecule has 0 aliphatic carbocycles. The van der Waals surface area contributed by atoms with Crippen LogP contribution in [0.1, 0.15) is 15.9 Å². The van der Waals surface area contributed by atoms with E-state index in [9.17, 15) is 4.79 Å². The van der Waals surface area contributed by atoms with Gasteiger partial charge in [0.25, 0.3) is 5.91 Å². The zero-order chi connectivity index (χ0) is 15.2. The minimum Gasteiger partial charge on any atom is -0.497 e. The van der Waals surface area contributed by atoms with Crippen molar-refractivity contribution in [3.8, 4) is 11.5 Å². The number of hydrogen-bond acceptors (Lipinski definition) is 3. The van der Waals surface area contributed by atoms with Crippen molar-refractivity contribution in [1.29, 1.82) is 0 Å². The monoisotopic (exact) mass is 305 g/mol. The van der Waals surface area contributed by atoms with Crippen LogP contribution in [-0.2, 0) is 6.54 Å². The van der Waals surface area contributed by atoms with Crippen molar-refractivity contribution in [3.05, 3.63) is 58.6 Å². The summed E-state index contributed by atoms with van der Waals surface area (Å²) in [5.74, 6) is 0.911. The summed E-state index contributed by atoms with van der Waals surface area (Å²) in [6.45, 7) is 0.422. The zero-order valence-electron chi connectivity index (χ0n) is 11.9. The summed E-state index contributed by atoms with van der Waals surface area (Å²) in [5, 5.41) is 3.51. The highest BCUT2D eigenvalue weighted by Gasteiger charge is 2.12. The van der Waals surface area contributed by atoms with Crippen LogP contribution in [0.5, 0.6) is 11.5 Å². The molecule has 2 aromatic carbocycles. The molecular weight excluding hydrogens is 290 g/mol. The molecule has 5 heteroatoms. The van der Waals surface area contributed by atoms with Crippen molar-refractivity contribution in [2.75, 3.05) is 14.2 Å². The van der Waals surface area contributed by atoms with Crippen LogP contribution in [0.4, 0.5) is 0 Å². The Balaban J connectivity index is 2.07. The number of carbonyl (C=O) groups excluding carboxylic acids is 1. The summed E-state index contributed by atoms with van der Waals surface area (Å²) < 4.78 is 10.3. The quantitative estimate of drug-likeness (QED) is 0.922. The first kappa shape index (κ1) is 15.2. The summed E-state index contributed by atoms with van der Waals surface area (Å²) in [7, 11) is 3.08. The molecule has 0 saturated heterocycles. The lowest BCUT2D eigenvalue weighted by molar-refractivity contribution is 0.0948. The Morgan fingerprint density at radius 1 is 1.10 bits per heavy atom. The van der Waals surface area contributed by atoms with E-state index in [1.165, 1.54) is 7.11 Å². The van der Waals surface area contributed by atoms with Crippen LogP contribution >= 0.6 is 11.6 Å². The Labute approximate surface area is 128 Å². The second-order valence-corrected chi connectivity index (χ2v) is 4.81. The molecule has 0 aliphatic rings. The van der Waals surface area contributed by atoms with E-state index in [-0.39, 0.29) is 5.91 Å². The molecule has 2 rings (SSSR count). The first-order chi connectivity index (χ1) is 10.1. The highest BCUT2D eigenvalue weighted by molar-refractivity contribution is 6.30. The minimum absolute atomic E-state index is 0.204. The lowest BCUT2D eigenvalue weighted by Crippen LogP contribution is -2.23. The number of nitrogens with one attached hydrogen (secondary N) is 1. The normalized spacial score (nSPS) is 10.0. The van der Waals surface area contributed by atoms with Crippen molar-refractivity contribution < 1.29 is 14.3 Å². The molecule has 0 atom stereocenters. The molecule has 0 aromatic heterocycles. The lowest BCUT2D eigenvalue weighted by Gasteiger charge is -2.11. The second kappa shape index (κ2) is 6.99. The summed E-state index contributed by atoms with van der Waals surface area (Å²) in [6.07, 6.45) is 0. The average molecular weight is 306 g/mol. The second-order valence-electron chi connectivity index (χ2n) is 4.38. The highest BCUT2D eigenvalue weighted by Crippen LogP contribution is 2.24. The van der Waals surface area contributed by atoms with E-state index in [0.717, 1.165) is 5.56 Å². The van der Waals surface area contributed by atoms with E-state index in [1.807, 2.05) is 12.1 Å². The summed E-state index contributed by atoms with van der Waals surface area (Å²) in [6, 6.07) is 12.4. The summed E-state index contributed by atoms with van der Waals surface area (Å²) in [4.78, 5) is 12.2. The average Bonchev–Trinajstić information content (AvgIpc) is 2.53. The van der Waals surface area contributed by atoms with Gasteiger partial charge in [-0.15, -0.1) is 0 Å². The van der Waals surface area contributed by atoms with Crippen molar-refractivity contribution in [1.82, 2.24) is 5.32 Å². The molecule has 0 fully saturated rings. The Hall–Kier alpha value is -2.20. The SMILES string of the molecule is COc1ccc(C(=O)NCc2ccc(Cl)cc2)c(OC)c1. The topological polar surface area (TPSA) is 47.6 Å². The van der Waals surface area contributed by atoms with Gasteiger partial charge in [-0.3, -0.25) is 4.79 Å². The van der Waals surface area contributed by atoms with Gasteiger partial charge in [-0.25, -0.2) is 0 Å². The van der Waals surface area contributed by atoms with Crippen LogP contribution in [-0.4, -0.2) is 20.1 Å². The Kier molecular flexibility index (Phi) is 5.06. The van der Waals surface area contributed by atoms with E-state index in [2.05, 4.69) is 5.32 Å². The molecule has 21 heavy (non-hydrogen) atoms. The largest absolute Gasteiger partial charge is 0.497 e. The lowest BCUT2D eigenvalue weighted by atomic mass is 10.1. The number of ether oxygens (including phenoxy) is 2. The van der Waals surface area contributed by atoms with Crippen LogP contribution in [0.25, 0.3) is 0 Å². The molecule has 4 nitrogen and oxygen atoms in total. The third-order valence-corrected chi connectivity index (χ3v) is 3.27. The minimum atomic E-state index is -0.204. The van der Waals surface area contributed by atoms with Gasteiger partial charge in [0.2, 0.25) is 0 Å². The first-order valence-corrected chi connectivity index (χ1v) is 6.76. The third-order valence-electron chi connectivity index (χ3n) is 3.02. The van der Waals surface area contributed by atoms with Gasteiger partial charge in [0.1, 0.15) is 11.5 Å². The van der Waals surface area contributed by atoms with Gasteiger partial charge in [-0.1, -0.05) is 23.7 Å². The van der Waals surface area contributed by atoms with Crippen LogP contribution in [0, 0.1) is 0 Å². The molecule has 1 amide bonds. The number of halogens is 1. The van der Waals surface area contributed by atoms with Gasteiger partial charge in [0.15, 0.2) is 0 Å². The van der Waals surface area contributed by atoms with Crippen molar-refractivity contribution >= 4 is 17.5 Å². The van der Waals surface area contributed by atoms with E-state index in [4.69, 9.17) is 21.1 Å². The molecule has 0 heterocycles. The van der Waals surface area contributed by atoms with Gasteiger partial charge < -0.3 is 14.8 Å². The van der Waals surface area contributed by atoms with E-state index < -0.39 is 0 Å². The molecule has 0 unspecified atom stereocenters. The maximum absolute atomic E-state index is 12.2. The molecular formula is C16H16ClNO3. The molecule has 110 valence electrons. The Morgan fingerprint density at radius 2 is 1.81 bits per heavy atom. The fraction of sp³-hybridized carbons (Fsp3) is 0.188. The Bertz CT molecular complexity index is 626. The fourth-order valence-corrected chi connectivity index (χ4v) is 1.99. The standard InChI is InChI=1S/C16H16ClNO3/c1-20-13-7-8-14(15(9-13)21-2)16(19)18-10-11-3-5-12(17)6-4-11/h3-9H,10H2,1-2H3,(H,18,19). The molecule has 0 radical (unpaired) electrons. The van der Waals surface area contributed by atoms with Gasteiger partial charge in [0.05, 0.1) is 19.8 Å². The fourth-order valence-electron chi connectivity index (χ4n) is 1.87. The number of methoxy groups -OCH3 is 2. The first-order valence-electron chi connectivity index (χ1n) is 6.38. The van der Waals surface area contributed by atoms with Crippen LogP contribution in [0.15, 0.2) is 42.5 Å². The molecule has 0 bridgehead atoms. The van der Waals surface area contributed by atoms with E-state index in [1.54, 1.807) is 37.4 Å². The summed E-state index contributed by atoms with van der Waals surface area (Å²) >= 11 is 5.82. The van der Waals surface area contributed by atoms with Crippen LogP contribution < -0.4 is 14.8 Å². The highest BCUT2D eigenvalue weighted by atomic mass is 35.5. The van der Waals surface area contributed by atoms with Gasteiger partial charge in [-0.05, 0) is 29.8 Å². The van der Waals surface area contributed by atoms with Gasteiger partial charge >= 0.3 is 0 Å². The van der Waals surface area contributed by atoms with E-state index in [0.29, 0.717) is 28.6 Å². The number of carbonyl (C=O) groups is 1. The number of hydrogen-bond donors (Lipinski definition) is 1. The molecule has 2 aromatic rings. The predicted octanol–water partition coefficient (Wildman–Crippen LogP) is 3.29. The molecule has 0 aliphatic heterocycles. The maximum atomic E-state index is 12.2. The molecule has 0 spiro atoms. The van der Waals surface area contributed by atoms with Crippen LogP contribution in [0.3, 0.4) is 0 Å². The zero-order valence-corrected chi connectivity index (χ0v) is 12.6. The van der Waals surface area contributed by atoms with Crippen molar-refractivity contribution in [3.63, 3.8) is 0 Å². The van der Waals surface area contributed by atoms with E-state index >= 15 is 0 Å². The van der Waals surface area contributed by atoms with Crippen molar-refractivity contribution in [2.45, 2.75) is 6.54 Å². The predicted molar refractivity (Wildman–Crippen MR) is 82.2 cm³/mol. The third kappa shape index (κ3) is 3.89. The number of benzene rings is 2. The molecule has 0 saturated carbocycles. The summed E-state index contributed by atoms with van der Waals surface area (Å²) in [5.41, 5.74) is 1.44. The van der Waals surface area contributed by atoms with Gasteiger partial charge in [0, 0.05) is 17.6 Å². The smallest absolute Gasteiger partial charge is 0.255 e. The van der Waals surface area contributed by atoms with Gasteiger partial charge in [-0.2, -0.15) is 0 Å². The number of amides is 1. The Morgan fingerprint density at radius 3 is 2.43 bits per heavy atom. The van der Waals surface area contributed by atoms with Crippen LogP contribution in [0.2, 0.25) is 5.02 Å². The maximum Gasteiger partial charge on any atom is 0.255 e. The van der Waals surface area contributed by atoms with Crippen molar-refractivity contribution in [2.24, 2.45) is 0 Å². The molecule has 1 N–H and O–H groups in total. The number of rotatable bonds is 5.